The summed E-state index contributed by atoms with van der Waals surface area (Å²) in [6, 6.07) is 17.4. The number of methoxy groups -OCH3 is 1. The molecule has 1 aliphatic heterocycles. The van der Waals surface area contributed by atoms with Gasteiger partial charge in [0.1, 0.15) is 6.61 Å². The molecule has 7 nitrogen and oxygen atoms in total. The number of anilines is 1. The Bertz CT molecular complexity index is 1330. The molecule has 0 aromatic heterocycles. The Kier molecular flexibility index (Phi) is 7.39. The molecule has 3 aromatic carbocycles. The molecule has 178 valence electrons. The van der Waals surface area contributed by atoms with Crippen molar-refractivity contribution in [1.29, 1.82) is 0 Å². The van der Waals surface area contributed by atoms with E-state index in [1.807, 2.05) is 12.1 Å². The van der Waals surface area contributed by atoms with Gasteiger partial charge in [0.15, 0.2) is 17.2 Å². The average molecular weight is 511 g/mol. The first-order chi connectivity index (χ1) is 16.8. The highest BCUT2D eigenvalue weighted by molar-refractivity contribution is 6.32. The van der Waals surface area contributed by atoms with Crippen LogP contribution in [0, 0.1) is 0 Å². The van der Waals surface area contributed by atoms with Crippen molar-refractivity contribution < 1.29 is 23.8 Å². The van der Waals surface area contributed by atoms with Crippen molar-refractivity contribution in [1.82, 2.24) is 0 Å². The summed E-state index contributed by atoms with van der Waals surface area (Å²) in [5, 5.41) is 3.63. The normalized spacial score (nSPS) is 13.9. The molecular weight excluding hydrogens is 491 g/mol. The topological polar surface area (TPSA) is 86.2 Å². The van der Waals surface area contributed by atoms with Crippen LogP contribution in [0.2, 0.25) is 10.0 Å². The van der Waals surface area contributed by atoms with Gasteiger partial charge in [0.25, 0.3) is 0 Å². The summed E-state index contributed by atoms with van der Waals surface area (Å²) in [6.45, 7) is 1.70. The Morgan fingerprint density at radius 3 is 2.46 bits per heavy atom. The van der Waals surface area contributed by atoms with Gasteiger partial charge in [-0.25, -0.2) is 9.79 Å². The second kappa shape index (κ2) is 10.6. The second-order valence-corrected chi connectivity index (χ2v) is 8.39. The van der Waals surface area contributed by atoms with Crippen LogP contribution in [0.5, 0.6) is 11.5 Å². The summed E-state index contributed by atoms with van der Waals surface area (Å²) in [5.41, 5.74) is 2.83. The number of cyclic esters (lactones) is 1. The fraction of sp³-hybridized carbons (Fsp3) is 0.115. The summed E-state index contributed by atoms with van der Waals surface area (Å²) in [7, 11) is 1.50. The largest absolute Gasteiger partial charge is 0.493 e. The number of ether oxygens (including phenoxy) is 3. The molecule has 0 spiro atoms. The molecule has 35 heavy (non-hydrogen) atoms. The number of nitrogens with one attached hydrogen (secondary N) is 1. The van der Waals surface area contributed by atoms with Gasteiger partial charge < -0.3 is 19.5 Å². The highest BCUT2D eigenvalue weighted by Crippen LogP contribution is 2.38. The molecule has 0 aliphatic carbocycles. The Hall–Kier alpha value is -3.81. The second-order valence-electron chi connectivity index (χ2n) is 7.54. The zero-order valence-electron chi connectivity index (χ0n) is 18.8. The van der Waals surface area contributed by atoms with Gasteiger partial charge in [-0.1, -0.05) is 35.3 Å². The van der Waals surface area contributed by atoms with E-state index < -0.39 is 5.97 Å². The predicted molar refractivity (Wildman–Crippen MR) is 135 cm³/mol. The van der Waals surface area contributed by atoms with Crippen molar-refractivity contribution in [2.45, 2.75) is 13.5 Å². The van der Waals surface area contributed by atoms with Crippen molar-refractivity contribution in [3.63, 3.8) is 0 Å². The molecule has 0 radical (unpaired) electrons. The summed E-state index contributed by atoms with van der Waals surface area (Å²) < 4.78 is 16.6. The Morgan fingerprint density at radius 2 is 1.80 bits per heavy atom. The Balaban J connectivity index is 1.54. The van der Waals surface area contributed by atoms with E-state index in [1.54, 1.807) is 54.6 Å². The number of nitrogens with zero attached hydrogens (tertiary/aromatic N) is 1. The Labute approximate surface area is 211 Å². The maximum atomic E-state index is 12.4. The lowest BCUT2D eigenvalue weighted by Gasteiger charge is -2.13. The van der Waals surface area contributed by atoms with Crippen LogP contribution >= 0.6 is 23.2 Å². The summed E-state index contributed by atoms with van der Waals surface area (Å²) >= 11 is 12.4. The summed E-state index contributed by atoms with van der Waals surface area (Å²) in [6.07, 6.45) is 1.55. The minimum atomic E-state index is -0.593. The lowest BCUT2D eigenvalue weighted by atomic mass is 10.1. The van der Waals surface area contributed by atoms with Crippen LogP contribution < -0.4 is 14.8 Å². The monoisotopic (exact) mass is 510 g/mol. The quantitative estimate of drug-likeness (QED) is 0.316. The number of hydrogen-bond donors (Lipinski definition) is 1. The minimum absolute atomic E-state index is 0.110. The zero-order valence-corrected chi connectivity index (χ0v) is 20.3. The number of aliphatic imine (C=N–C) groups is 1. The number of rotatable bonds is 7. The van der Waals surface area contributed by atoms with E-state index in [0.29, 0.717) is 38.4 Å². The minimum Gasteiger partial charge on any atom is -0.493 e. The first-order valence-corrected chi connectivity index (χ1v) is 11.2. The Morgan fingerprint density at radius 1 is 1.09 bits per heavy atom. The molecule has 4 rings (SSSR count). The first kappa shape index (κ1) is 24.3. The van der Waals surface area contributed by atoms with E-state index in [4.69, 9.17) is 37.4 Å². The lowest BCUT2D eigenvalue weighted by molar-refractivity contribution is -0.129. The van der Waals surface area contributed by atoms with Gasteiger partial charge in [-0.05, 0) is 65.7 Å². The van der Waals surface area contributed by atoms with Crippen LogP contribution in [0.15, 0.2) is 71.4 Å². The molecule has 9 heteroatoms. The van der Waals surface area contributed by atoms with E-state index in [0.717, 1.165) is 5.56 Å². The van der Waals surface area contributed by atoms with Crippen LogP contribution in [0.1, 0.15) is 23.6 Å². The van der Waals surface area contributed by atoms with Crippen molar-refractivity contribution in [3.05, 3.63) is 93.1 Å². The first-order valence-electron chi connectivity index (χ1n) is 10.5. The van der Waals surface area contributed by atoms with E-state index in [9.17, 15) is 9.59 Å². The van der Waals surface area contributed by atoms with E-state index >= 15 is 0 Å². The van der Waals surface area contributed by atoms with E-state index in [1.165, 1.54) is 14.0 Å². The molecule has 0 atom stereocenters. The maximum Gasteiger partial charge on any atom is 0.363 e. The van der Waals surface area contributed by atoms with Crippen molar-refractivity contribution in [2.24, 2.45) is 4.99 Å². The zero-order chi connectivity index (χ0) is 24.9. The van der Waals surface area contributed by atoms with Crippen molar-refractivity contribution >= 4 is 52.7 Å². The third kappa shape index (κ3) is 6.01. The third-order valence-corrected chi connectivity index (χ3v) is 5.46. The van der Waals surface area contributed by atoms with E-state index in [-0.39, 0.29) is 24.1 Å². The number of esters is 1. The van der Waals surface area contributed by atoms with Crippen LogP contribution in [0.3, 0.4) is 0 Å². The highest BCUT2D eigenvalue weighted by atomic mass is 35.5. The van der Waals surface area contributed by atoms with Gasteiger partial charge in [0, 0.05) is 23.2 Å². The maximum absolute atomic E-state index is 12.4. The van der Waals surface area contributed by atoms with Crippen molar-refractivity contribution in [3.8, 4) is 11.5 Å². The average Bonchev–Trinajstić information content (AvgIpc) is 3.19. The van der Waals surface area contributed by atoms with Crippen LogP contribution in [0.4, 0.5) is 5.69 Å². The van der Waals surface area contributed by atoms with Gasteiger partial charge in [-0.2, -0.15) is 0 Å². The third-order valence-electron chi connectivity index (χ3n) is 4.92. The molecule has 3 aromatic rings. The fourth-order valence-corrected chi connectivity index (χ4v) is 3.69. The van der Waals surface area contributed by atoms with Gasteiger partial charge in [0.05, 0.1) is 12.1 Å². The number of benzene rings is 3. The number of halogens is 2. The molecule has 1 amide bonds. The van der Waals surface area contributed by atoms with Crippen LogP contribution in [0.25, 0.3) is 6.08 Å². The van der Waals surface area contributed by atoms with Gasteiger partial charge in [-0.3, -0.25) is 4.79 Å². The van der Waals surface area contributed by atoms with Crippen LogP contribution in [-0.4, -0.2) is 24.9 Å². The number of hydrogen-bond acceptors (Lipinski definition) is 6. The highest BCUT2D eigenvalue weighted by Gasteiger charge is 2.24. The molecule has 0 fully saturated rings. The molecule has 1 heterocycles. The standard InChI is InChI=1S/C26H20Cl2N2O5/c1-15(31)29-20-9-5-18(6-10-20)25-30-22(26(32)35-25)12-17-11-21(28)24(23(13-17)33-2)34-14-16-3-7-19(27)8-4-16/h3-13H,14H2,1-2H3,(H,29,31)/b22-12-. The molecule has 0 saturated carbocycles. The van der Waals surface area contributed by atoms with Crippen molar-refractivity contribution in [2.75, 3.05) is 12.4 Å². The number of carbonyl (C=O) groups is 2. The van der Waals surface area contributed by atoms with Gasteiger partial charge >= 0.3 is 5.97 Å². The SMILES string of the molecule is COc1cc(/C=C2\N=C(c3ccc(NC(C)=O)cc3)OC2=O)cc(Cl)c1OCc1ccc(Cl)cc1. The molecule has 0 bridgehead atoms. The molecular formula is C26H20Cl2N2O5. The number of carbonyl (C=O) groups excluding carboxylic acids is 2. The van der Waals surface area contributed by atoms with Crippen LogP contribution in [-0.2, 0) is 20.9 Å². The molecule has 1 N–H and O–H groups in total. The van der Waals surface area contributed by atoms with E-state index in [2.05, 4.69) is 10.3 Å². The molecule has 1 aliphatic rings. The fourth-order valence-electron chi connectivity index (χ4n) is 3.29. The summed E-state index contributed by atoms with van der Waals surface area (Å²) in [5.74, 6) is 0.176. The lowest BCUT2D eigenvalue weighted by Crippen LogP contribution is -2.07. The smallest absolute Gasteiger partial charge is 0.363 e. The predicted octanol–water partition coefficient (Wildman–Crippen LogP) is 5.88. The van der Waals surface area contributed by atoms with Gasteiger partial charge in [-0.15, -0.1) is 0 Å². The van der Waals surface area contributed by atoms with Gasteiger partial charge in [0.2, 0.25) is 11.8 Å². The number of amides is 1. The summed E-state index contributed by atoms with van der Waals surface area (Å²) in [4.78, 5) is 27.9. The molecule has 0 unspecified atom stereocenters. The molecule has 0 saturated heterocycles.